The van der Waals surface area contributed by atoms with Gasteiger partial charge in [0.15, 0.2) is 0 Å². The summed E-state index contributed by atoms with van der Waals surface area (Å²) in [6, 6.07) is 3.41. The topological polar surface area (TPSA) is 50.3 Å². The van der Waals surface area contributed by atoms with E-state index < -0.39 is 17.9 Å². The van der Waals surface area contributed by atoms with E-state index in [9.17, 15) is 17.6 Å². The van der Waals surface area contributed by atoms with E-state index in [4.69, 9.17) is 0 Å². The molecule has 1 aliphatic heterocycles. The van der Waals surface area contributed by atoms with Gasteiger partial charge in [-0.3, -0.25) is 0 Å². The standard InChI is InChI=1S/C18H20F4N4O/c1-11-15(14-6-5-13(8-16(14)19)27-18(20,21)22)10-24-17(25-11)23-9-12-4-3-7-26(12)2/h5-6,8,10,12H,3-4,7,9H2,1-2H3,(H,23,24,25)/t12-/m1/s1. The lowest BCUT2D eigenvalue weighted by Gasteiger charge is -2.19. The first-order chi connectivity index (χ1) is 12.7. The van der Waals surface area contributed by atoms with Gasteiger partial charge in [0, 0.05) is 36.0 Å². The first kappa shape index (κ1) is 19.3. The number of rotatable bonds is 5. The second-order valence-electron chi connectivity index (χ2n) is 6.54. The summed E-state index contributed by atoms with van der Waals surface area (Å²) < 4.78 is 54.7. The van der Waals surface area contributed by atoms with Crippen molar-refractivity contribution in [1.29, 1.82) is 0 Å². The lowest BCUT2D eigenvalue weighted by molar-refractivity contribution is -0.274. The Morgan fingerprint density at radius 3 is 2.67 bits per heavy atom. The second kappa shape index (κ2) is 7.67. The normalized spacial score (nSPS) is 17.9. The maximum Gasteiger partial charge on any atom is 0.573 e. The molecule has 0 spiro atoms. The zero-order valence-corrected chi connectivity index (χ0v) is 15.0. The summed E-state index contributed by atoms with van der Waals surface area (Å²) in [5, 5.41) is 3.18. The van der Waals surface area contributed by atoms with Gasteiger partial charge in [0.25, 0.3) is 0 Å². The highest BCUT2D eigenvalue weighted by molar-refractivity contribution is 5.67. The molecule has 146 valence electrons. The van der Waals surface area contributed by atoms with Crippen LogP contribution in [0.4, 0.5) is 23.5 Å². The Balaban J connectivity index is 1.73. The monoisotopic (exact) mass is 384 g/mol. The van der Waals surface area contributed by atoms with Gasteiger partial charge in [-0.1, -0.05) is 0 Å². The van der Waals surface area contributed by atoms with Crippen LogP contribution in [0.2, 0.25) is 0 Å². The number of benzene rings is 1. The van der Waals surface area contributed by atoms with Gasteiger partial charge in [-0.05, 0) is 45.5 Å². The van der Waals surface area contributed by atoms with Crippen LogP contribution in [0, 0.1) is 12.7 Å². The molecule has 1 atom stereocenters. The molecule has 1 saturated heterocycles. The molecular formula is C18H20F4N4O. The van der Waals surface area contributed by atoms with Crippen LogP contribution in [0.15, 0.2) is 24.4 Å². The van der Waals surface area contributed by atoms with Gasteiger partial charge >= 0.3 is 6.36 Å². The highest BCUT2D eigenvalue weighted by Gasteiger charge is 2.31. The molecule has 0 unspecified atom stereocenters. The van der Waals surface area contributed by atoms with Gasteiger partial charge in [0.05, 0.1) is 5.69 Å². The number of aryl methyl sites for hydroxylation is 1. The molecule has 9 heteroatoms. The van der Waals surface area contributed by atoms with E-state index in [1.165, 1.54) is 12.3 Å². The third kappa shape index (κ3) is 4.85. The van der Waals surface area contributed by atoms with Crippen LogP contribution in [0.25, 0.3) is 11.1 Å². The molecule has 0 saturated carbocycles. The average molecular weight is 384 g/mol. The molecule has 0 amide bonds. The van der Waals surface area contributed by atoms with Gasteiger partial charge in [-0.2, -0.15) is 0 Å². The Bertz CT molecular complexity index is 812. The summed E-state index contributed by atoms with van der Waals surface area (Å²) in [4.78, 5) is 10.8. The number of hydrogen-bond acceptors (Lipinski definition) is 5. The summed E-state index contributed by atoms with van der Waals surface area (Å²) in [5.41, 5.74) is 1.05. The molecule has 1 N–H and O–H groups in total. The number of ether oxygens (including phenoxy) is 1. The Labute approximate surface area is 154 Å². The molecule has 0 radical (unpaired) electrons. The highest BCUT2D eigenvalue weighted by atomic mass is 19.4. The Kier molecular flexibility index (Phi) is 5.50. The number of halogens is 4. The van der Waals surface area contributed by atoms with Crippen molar-refractivity contribution in [3.63, 3.8) is 0 Å². The zero-order chi connectivity index (χ0) is 19.6. The lowest BCUT2D eigenvalue weighted by atomic mass is 10.1. The minimum atomic E-state index is -4.87. The summed E-state index contributed by atoms with van der Waals surface area (Å²) in [6.45, 7) is 3.48. The maximum absolute atomic E-state index is 14.3. The Morgan fingerprint density at radius 1 is 1.30 bits per heavy atom. The Morgan fingerprint density at radius 2 is 2.07 bits per heavy atom. The number of likely N-dealkylation sites (tertiary alicyclic amines) is 1. The van der Waals surface area contributed by atoms with Crippen LogP contribution in [0.5, 0.6) is 5.75 Å². The van der Waals surface area contributed by atoms with Gasteiger partial charge in [-0.25, -0.2) is 14.4 Å². The number of nitrogens with one attached hydrogen (secondary N) is 1. The fraction of sp³-hybridized carbons (Fsp3) is 0.444. The molecule has 27 heavy (non-hydrogen) atoms. The molecule has 5 nitrogen and oxygen atoms in total. The van der Waals surface area contributed by atoms with E-state index >= 15 is 0 Å². The van der Waals surface area contributed by atoms with Crippen molar-refractivity contribution in [2.75, 3.05) is 25.5 Å². The predicted molar refractivity (Wildman–Crippen MR) is 93.0 cm³/mol. The SMILES string of the molecule is Cc1nc(NC[C@H]2CCCN2C)ncc1-c1ccc(OC(F)(F)F)cc1F. The van der Waals surface area contributed by atoms with Crippen molar-refractivity contribution in [3.8, 4) is 16.9 Å². The molecule has 1 aromatic carbocycles. The molecule has 1 aliphatic rings. The van der Waals surface area contributed by atoms with Crippen LogP contribution >= 0.6 is 0 Å². The van der Waals surface area contributed by atoms with Crippen LogP contribution in [-0.2, 0) is 0 Å². The number of likely N-dealkylation sites (N-methyl/N-ethyl adjacent to an activating group) is 1. The summed E-state index contributed by atoms with van der Waals surface area (Å²) in [7, 11) is 2.07. The van der Waals surface area contributed by atoms with E-state index in [-0.39, 0.29) is 5.56 Å². The van der Waals surface area contributed by atoms with Crippen molar-refractivity contribution in [1.82, 2.24) is 14.9 Å². The molecule has 1 aromatic heterocycles. The molecule has 2 aromatic rings. The largest absolute Gasteiger partial charge is 0.573 e. The number of aromatic nitrogens is 2. The predicted octanol–water partition coefficient (Wildman–Crippen LogP) is 4.00. The summed E-state index contributed by atoms with van der Waals surface area (Å²) in [6.07, 6.45) is -1.13. The zero-order valence-electron chi connectivity index (χ0n) is 15.0. The van der Waals surface area contributed by atoms with Gasteiger partial charge in [0.2, 0.25) is 5.95 Å². The quantitative estimate of drug-likeness (QED) is 0.790. The van der Waals surface area contributed by atoms with Gasteiger partial charge in [-0.15, -0.1) is 13.2 Å². The van der Waals surface area contributed by atoms with E-state index in [1.807, 2.05) is 0 Å². The molecule has 0 bridgehead atoms. The second-order valence-corrected chi connectivity index (χ2v) is 6.54. The lowest BCUT2D eigenvalue weighted by Crippen LogP contribution is -2.32. The van der Waals surface area contributed by atoms with Crippen LogP contribution in [-0.4, -0.2) is 47.4 Å². The first-order valence-corrected chi connectivity index (χ1v) is 8.56. The third-order valence-corrected chi connectivity index (χ3v) is 4.61. The van der Waals surface area contributed by atoms with Crippen LogP contribution in [0.1, 0.15) is 18.5 Å². The van der Waals surface area contributed by atoms with Crippen molar-refractivity contribution < 1.29 is 22.3 Å². The number of alkyl halides is 3. The average Bonchev–Trinajstić information content (AvgIpc) is 2.97. The minimum absolute atomic E-state index is 0.115. The summed E-state index contributed by atoms with van der Waals surface area (Å²) >= 11 is 0. The van der Waals surface area contributed by atoms with Gasteiger partial charge < -0.3 is 15.0 Å². The number of nitrogens with zero attached hydrogens (tertiary/aromatic N) is 3. The molecule has 0 aliphatic carbocycles. The van der Waals surface area contributed by atoms with E-state index in [0.717, 1.165) is 25.5 Å². The first-order valence-electron chi connectivity index (χ1n) is 8.56. The molecule has 1 fully saturated rings. The van der Waals surface area contributed by atoms with E-state index in [2.05, 4.69) is 32.0 Å². The maximum atomic E-state index is 14.3. The third-order valence-electron chi connectivity index (χ3n) is 4.61. The van der Waals surface area contributed by atoms with Gasteiger partial charge in [0.1, 0.15) is 11.6 Å². The van der Waals surface area contributed by atoms with Crippen molar-refractivity contribution in [2.45, 2.75) is 32.2 Å². The van der Waals surface area contributed by atoms with E-state index in [1.54, 1.807) is 6.92 Å². The fourth-order valence-corrected chi connectivity index (χ4v) is 3.17. The van der Waals surface area contributed by atoms with Crippen molar-refractivity contribution >= 4 is 5.95 Å². The summed E-state index contributed by atoms with van der Waals surface area (Å²) in [5.74, 6) is -1.01. The number of hydrogen-bond donors (Lipinski definition) is 1. The fourth-order valence-electron chi connectivity index (χ4n) is 3.17. The smallest absolute Gasteiger partial charge is 0.406 e. The number of anilines is 1. The molecule has 2 heterocycles. The van der Waals surface area contributed by atoms with E-state index in [0.29, 0.717) is 35.9 Å². The molecule has 3 rings (SSSR count). The highest BCUT2D eigenvalue weighted by Crippen LogP contribution is 2.30. The molecular weight excluding hydrogens is 364 g/mol. The van der Waals surface area contributed by atoms with Crippen LogP contribution < -0.4 is 10.1 Å². The van der Waals surface area contributed by atoms with Crippen molar-refractivity contribution in [3.05, 3.63) is 35.9 Å². The van der Waals surface area contributed by atoms with Crippen LogP contribution in [0.3, 0.4) is 0 Å². The Hall–Kier alpha value is -2.42. The minimum Gasteiger partial charge on any atom is -0.406 e. The van der Waals surface area contributed by atoms with Crippen molar-refractivity contribution in [2.24, 2.45) is 0 Å².